The molecule has 0 aliphatic heterocycles. The highest BCUT2D eigenvalue weighted by Crippen LogP contribution is 2.43. The second kappa shape index (κ2) is 11.8. The minimum Gasteiger partial charge on any atom is -0.481 e. The molecule has 0 aliphatic rings. The van der Waals surface area contributed by atoms with Crippen LogP contribution >= 0.6 is 7.82 Å². The van der Waals surface area contributed by atoms with E-state index < -0.39 is 30.6 Å². The van der Waals surface area contributed by atoms with Gasteiger partial charge >= 0.3 is 19.8 Å². The van der Waals surface area contributed by atoms with E-state index in [1.54, 1.807) is 27.7 Å². The lowest BCUT2D eigenvalue weighted by Gasteiger charge is -2.18. The van der Waals surface area contributed by atoms with Gasteiger partial charge in [0.25, 0.3) is 0 Å². The molecule has 0 aliphatic carbocycles. The third-order valence-electron chi connectivity index (χ3n) is 4.56. The van der Waals surface area contributed by atoms with Crippen LogP contribution in [0.4, 0.5) is 0 Å². The molecule has 0 unspecified atom stereocenters. The maximum absolute atomic E-state index is 11.7. The lowest BCUT2D eigenvalue weighted by Crippen LogP contribution is -2.23. The Morgan fingerprint density at radius 3 is 1.37 bits per heavy atom. The number of carboxylic acid groups (broad SMARTS) is 2. The van der Waals surface area contributed by atoms with Crippen molar-refractivity contribution >= 4 is 19.8 Å². The Morgan fingerprint density at radius 2 is 1.07 bits per heavy atom. The molecule has 9 heteroatoms. The van der Waals surface area contributed by atoms with Crippen LogP contribution in [-0.4, -0.2) is 40.3 Å². The summed E-state index contributed by atoms with van der Waals surface area (Å²) in [5.41, 5.74) is -1.54. The SMILES string of the molecule is CC(C)(CCCCCOP(=O)(O)OCCCCCC(C)(C)C(=O)O)C(=O)O. The third-order valence-corrected chi connectivity index (χ3v) is 5.58. The first kappa shape index (κ1) is 26.1. The first-order valence-electron chi connectivity index (χ1n) is 9.39. The summed E-state index contributed by atoms with van der Waals surface area (Å²) in [5, 5.41) is 18.0. The van der Waals surface area contributed by atoms with E-state index in [0.717, 1.165) is 0 Å². The molecular formula is C18H35O8P. The normalized spacial score (nSPS) is 12.9. The summed E-state index contributed by atoms with van der Waals surface area (Å²) in [5.74, 6) is -1.67. The Balaban J connectivity index is 3.77. The smallest absolute Gasteiger partial charge is 0.472 e. The molecule has 0 radical (unpaired) electrons. The van der Waals surface area contributed by atoms with Crippen molar-refractivity contribution in [1.29, 1.82) is 0 Å². The number of phosphoric acid groups is 1. The first-order valence-corrected chi connectivity index (χ1v) is 10.9. The molecule has 0 atom stereocenters. The molecule has 0 rings (SSSR count). The Bertz CT molecular complexity index is 473. The zero-order valence-corrected chi connectivity index (χ0v) is 17.8. The van der Waals surface area contributed by atoms with E-state index in [-0.39, 0.29) is 13.2 Å². The van der Waals surface area contributed by atoms with Crippen molar-refractivity contribution in [3.8, 4) is 0 Å². The van der Waals surface area contributed by atoms with Crippen LogP contribution in [-0.2, 0) is 23.2 Å². The summed E-state index contributed by atoms with van der Waals surface area (Å²) in [4.78, 5) is 31.5. The maximum atomic E-state index is 11.7. The molecule has 0 saturated heterocycles. The Hall–Kier alpha value is -0.950. The molecule has 160 valence electrons. The van der Waals surface area contributed by atoms with Crippen molar-refractivity contribution in [3.63, 3.8) is 0 Å². The van der Waals surface area contributed by atoms with Gasteiger partial charge in [0.1, 0.15) is 0 Å². The van der Waals surface area contributed by atoms with Gasteiger partial charge in [-0.25, -0.2) is 4.57 Å². The molecule has 0 aromatic carbocycles. The number of carboxylic acids is 2. The van der Waals surface area contributed by atoms with E-state index in [4.69, 9.17) is 19.3 Å². The van der Waals surface area contributed by atoms with Crippen LogP contribution in [0.3, 0.4) is 0 Å². The van der Waals surface area contributed by atoms with Crippen LogP contribution in [0.15, 0.2) is 0 Å². The molecule has 0 spiro atoms. The Labute approximate surface area is 161 Å². The van der Waals surface area contributed by atoms with E-state index in [1.807, 2.05) is 0 Å². The number of phosphoric ester groups is 1. The van der Waals surface area contributed by atoms with Gasteiger partial charge in [0.05, 0.1) is 24.0 Å². The van der Waals surface area contributed by atoms with Crippen molar-refractivity contribution in [2.24, 2.45) is 10.8 Å². The minimum absolute atomic E-state index is 0.0775. The fourth-order valence-electron chi connectivity index (χ4n) is 2.30. The molecule has 0 heterocycles. The number of aliphatic carboxylic acids is 2. The van der Waals surface area contributed by atoms with E-state index in [1.165, 1.54) is 0 Å². The second-order valence-electron chi connectivity index (χ2n) is 8.13. The minimum atomic E-state index is -4.07. The van der Waals surface area contributed by atoms with Gasteiger partial charge in [-0.05, 0) is 53.4 Å². The molecule has 3 N–H and O–H groups in total. The van der Waals surface area contributed by atoms with Gasteiger partial charge in [0.15, 0.2) is 0 Å². The number of hydrogen-bond acceptors (Lipinski definition) is 5. The summed E-state index contributed by atoms with van der Waals surface area (Å²) < 4.78 is 21.5. The van der Waals surface area contributed by atoms with Crippen LogP contribution in [0.5, 0.6) is 0 Å². The molecule has 0 saturated carbocycles. The van der Waals surface area contributed by atoms with Crippen LogP contribution < -0.4 is 0 Å². The molecule has 0 aromatic heterocycles. The van der Waals surface area contributed by atoms with Crippen molar-refractivity contribution in [3.05, 3.63) is 0 Å². The number of unbranched alkanes of at least 4 members (excludes halogenated alkanes) is 4. The molecule has 0 amide bonds. The predicted molar refractivity (Wildman–Crippen MR) is 101 cm³/mol. The van der Waals surface area contributed by atoms with Gasteiger partial charge in [0.2, 0.25) is 0 Å². The van der Waals surface area contributed by atoms with Crippen molar-refractivity contribution in [2.75, 3.05) is 13.2 Å². The Kier molecular flexibility index (Phi) is 11.4. The Morgan fingerprint density at radius 1 is 0.741 bits per heavy atom. The van der Waals surface area contributed by atoms with Crippen molar-refractivity contribution in [2.45, 2.75) is 79.1 Å². The van der Waals surface area contributed by atoms with E-state index in [2.05, 4.69) is 0 Å². The highest BCUT2D eigenvalue weighted by molar-refractivity contribution is 7.47. The molecule has 0 bridgehead atoms. The fourth-order valence-corrected chi connectivity index (χ4v) is 3.10. The van der Waals surface area contributed by atoms with Crippen molar-refractivity contribution < 1.29 is 38.3 Å². The van der Waals surface area contributed by atoms with Crippen LogP contribution in [0.25, 0.3) is 0 Å². The number of carbonyl (C=O) groups is 2. The largest absolute Gasteiger partial charge is 0.481 e. The van der Waals surface area contributed by atoms with Gasteiger partial charge in [-0.2, -0.15) is 0 Å². The zero-order chi connectivity index (χ0) is 21.1. The molecule has 27 heavy (non-hydrogen) atoms. The monoisotopic (exact) mass is 410 g/mol. The molecule has 0 aromatic rings. The summed E-state index contributed by atoms with van der Waals surface area (Å²) >= 11 is 0. The lowest BCUT2D eigenvalue weighted by molar-refractivity contribution is -0.148. The standard InChI is InChI=1S/C18H35O8P/c1-17(2,15(19)20)11-7-5-9-13-25-27(23,24)26-14-10-6-8-12-18(3,4)16(21)22/h5-14H2,1-4H3,(H,19,20)(H,21,22)(H,23,24). The molecular weight excluding hydrogens is 375 g/mol. The number of hydrogen-bond donors (Lipinski definition) is 3. The predicted octanol–water partition coefficient (Wildman–Crippen LogP) is 4.46. The van der Waals surface area contributed by atoms with Crippen molar-refractivity contribution in [1.82, 2.24) is 0 Å². The lowest BCUT2D eigenvalue weighted by atomic mass is 9.87. The topological polar surface area (TPSA) is 130 Å². The highest BCUT2D eigenvalue weighted by Gasteiger charge is 2.27. The summed E-state index contributed by atoms with van der Waals surface area (Å²) in [6.07, 6.45) is 4.98. The fraction of sp³-hybridized carbons (Fsp3) is 0.889. The zero-order valence-electron chi connectivity index (χ0n) is 16.9. The average molecular weight is 410 g/mol. The average Bonchev–Trinajstić information content (AvgIpc) is 2.53. The highest BCUT2D eigenvalue weighted by atomic mass is 31.2. The second-order valence-corrected chi connectivity index (χ2v) is 9.59. The maximum Gasteiger partial charge on any atom is 0.472 e. The van der Waals surface area contributed by atoms with Gasteiger partial charge in [-0.1, -0.05) is 25.7 Å². The van der Waals surface area contributed by atoms with Gasteiger partial charge in [-0.15, -0.1) is 0 Å². The van der Waals surface area contributed by atoms with E-state index in [0.29, 0.717) is 51.4 Å². The van der Waals surface area contributed by atoms with Gasteiger partial charge in [0, 0.05) is 0 Å². The summed E-state index contributed by atoms with van der Waals surface area (Å²) in [6, 6.07) is 0. The third kappa shape index (κ3) is 12.2. The van der Waals surface area contributed by atoms with Crippen LogP contribution in [0.1, 0.15) is 79.1 Å². The summed E-state index contributed by atoms with van der Waals surface area (Å²) in [7, 11) is -4.07. The summed E-state index contributed by atoms with van der Waals surface area (Å²) in [6.45, 7) is 6.84. The first-order chi connectivity index (χ1) is 12.3. The molecule has 0 fully saturated rings. The number of rotatable bonds is 16. The van der Waals surface area contributed by atoms with Gasteiger partial charge in [-0.3, -0.25) is 18.6 Å². The molecule has 8 nitrogen and oxygen atoms in total. The van der Waals surface area contributed by atoms with Gasteiger partial charge < -0.3 is 15.1 Å². The van der Waals surface area contributed by atoms with Crippen LogP contribution in [0.2, 0.25) is 0 Å². The van der Waals surface area contributed by atoms with Crippen LogP contribution in [0, 0.1) is 10.8 Å². The quantitative estimate of drug-likeness (QED) is 0.251. The van der Waals surface area contributed by atoms with E-state index >= 15 is 0 Å². The van der Waals surface area contributed by atoms with E-state index in [9.17, 15) is 19.0 Å².